The van der Waals surface area contributed by atoms with Crippen LogP contribution in [0, 0.1) is 67.8 Å². The smallest absolute Gasteiger partial charge is 0.306 e. The van der Waals surface area contributed by atoms with Crippen molar-refractivity contribution in [3.05, 3.63) is 68.5 Å². The van der Waals surface area contributed by atoms with E-state index >= 15 is 0 Å². The number of hydrogen-bond acceptors (Lipinski definition) is 8. The summed E-state index contributed by atoms with van der Waals surface area (Å²) in [6.07, 6.45) is 17.2. The maximum atomic E-state index is 13.3. The van der Waals surface area contributed by atoms with E-state index in [1.54, 1.807) is 0 Å². The first-order valence-corrected chi connectivity index (χ1v) is 31.4. The highest BCUT2D eigenvalue weighted by atomic mass is 127. The van der Waals surface area contributed by atoms with E-state index in [0.717, 1.165) is 82.4 Å². The molecule has 0 heterocycles. The molecular formula is C54H70I6O8. The fraction of sp³-hybridized carbons (Fsp3) is 0.667. The number of rotatable bonds is 22. The van der Waals surface area contributed by atoms with Crippen LogP contribution in [-0.2, 0) is 51.0 Å². The SMILES string of the molecule is CC(C)CCC[C@@H](C)[C@H]1CCC2C3CC=C4C[C@@H](OC(=O)CCC(=O)OC(COC(=O)CCCc5c(I)cc(I)cc5I)COC(=O)CCCc5c(I)cc(I)cc5I)CC[C@]4(C)C3CC[C@@]21C. The molecule has 0 bridgehead atoms. The van der Waals surface area contributed by atoms with Gasteiger partial charge in [-0.3, -0.25) is 19.2 Å². The Morgan fingerprint density at radius 1 is 0.647 bits per heavy atom. The third-order valence-electron chi connectivity index (χ3n) is 16.1. The second-order valence-electron chi connectivity index (χ2n) is 21.0. The fourth-order valence-corrected chi connectivity index (χ4v) is 20.8. The number of benzene rings is 2. The Bertz CT molecular complexity index is 2020. The number of carbonyl (C=O) groups excluding carboxylic acids is 4. The van der Waals surface area contributed by atoms with Crippen LogP contribution in [0.25, 0.3) is 0 Å². The summed E-state index contributed by atoms with van der Waals surface area (Å²) >= 11 is 13.9. The van der Waals surface area contributed by atoms with Gasteiger partial charge in [0.2, 0.25) is 0 Å². The van der Waals surface area contributed by atoms with Crippen molar-refractivity contribution < 1.29 is 38.1 Å². The Balaban J connectivity index is 0.976. The van der Waals surface area contributed by atoms with Gasteiger partial charge in [0.05, 0.1) is 12.8 Å². The molecule has 3 fully saturated rings. The summed E-state index contributed by atoms with van der Waals surface area (Å²) in [6, 6.07) is 8.49. The molecule has 0 saturated heterocycles. The third-order valence-corrected chi connectivity index (χ3v) is 21.2. The first kappa shape index (κ1) is 57.7. The Kier molecular flexibility index (Phi) is 22.7. The number of esters is 4. The summed E-state index contributed by atoms with van der Waals surface area (Å²) in [7, 11) is 0. The average Bonchev–Trinajstić information content (AvgIpc) is 3.63. The zero-order chi connectivity index (χ0) is 49.3. The number of allylic oxidation sites excluding steroid dienone is 1. The minimum Gasteiger partial charge on any atom is -0.462 e. The summed E-state index contributed by atoms with van der Waals surface area (Å²) in [4.78, 5) is 52.3. The number of hydrogen-bond donors (Lipinski definition) is 0. The van der Waals surface area contributed by atoms with Gasteiger partial charge in [-0.2, -0.15) is 0 Å². The largest absolute Gasteiger partial charge is 0.462 e. The van der Waals surface area contributed by atoms with Crippen molar-refractivity contribution in [2.45, 2.75) is 169 Å². The maximum Gasteiger partial charge on any atom is 0.306 e. The lowest BCUT2D eigenvalue weighted by molar-refractivity contribution is -0.168. The number of halogens is 6. The van der Waals surface area contributed by atoms with Crippen LogP contribution in [0.3, 0.4) is 0 Å². The second-order valence-corrected chi connectivity index (χ2v) is 28.2. The van der Waals surface area contributed by atoms with E-state index in [1.165, 1.54) is 68.8 Å². The van der Waals surface area contributed by atoms with Crippen LogP contribution in [0.2, 0.25) is 0 Å². The Morgan fingerprint density at radius 3 is 1.76 bits per heavy atom. The molecule has 8 atom stereocenters. The highest BCUT2D eigenvalue weighted by molar-refractivity contribution is 14.1. The molecule has 8 nitrogen and oxygen atoms in total. The minimum atomic E-state index is -1.01. The molecule has 3 saturated carbocycles. The normalized spacial score (nSPS) is 25.8. The van der Waals surface area contributed by atoms with Crippen molar-refractivity contribution in [3.63, 3.8) is 0 Å². The van der Waals surface area contributed by atoms with E-state index in [-0.39, 0.29) is 50.4 Å². The predicted molar refractivity (Wildman–Crippen MR) is 319 cm³/mol. The highest BCUT2D eigenvalue weighted by Gasteiger charge is 2.59. The van der Waals surface area contributed by atoms with Crippen LogP contribution >= 0.6 is 136 Å². The molecule has 0 aromatic heterocycles. The third kappa shape index (κ3) is 15.5. The second kappa shape index (κ2) is 26.8. The molecule has 0 amide bonds. The highest BCUT2D eigenvalue weighted by Crippen LogP contribution is 2.67. The van der Waals surface area contributed by atoms with Crippen molar-refractivity contribution in [1.82, 2.24) is 0 Å². The van der Waals surface area contributed by atoms with Crippen molar-refractivity contribution in [2.24, 2.45) is 46.3 Å². The first-order chi connectivity index (χ1) is 32.3. The van der Waals surface area contributed by atoms with Crippen LogP contribution in [0.1, 0.15) is 155 Å². The molecule has 0 spiro atoms. The monoisotopic (exact) mass is 1610 g/mol. The number of fused-ring (bicyclic) bond motifs is 5. The molecule has 14 heteroatoms. The molecule has 4 aliphatic carbocycles. The molecule has 376 valence electrons. The van der Waals surface area contributed by atoms with Crippen LogP contribution < -0.4 is 0 Å². The van der Waals surface area contributed by atoms with Gasteiger partial charge in [-0.25, -0.2) is 0 Å². The van der Waals surface area contributed by atoms with Crippen LogP contribution in [0.15, 0.2) is 35.9 Å². The van der Waals surface area contributed by atoms with Gasteiger partial charge in [0, 0.05) is 40.7 Å². The van der Waals surface area contributed by atoms with Gasteiger partial charge in [-0.1, -0.05) is 65.5 Å². The Morgan fingerprint density at radius 2 is 1.21 bits per heavy atom. The Hall–Kier alpha value is 0.440. The molecule has 0 aliphatic heterocycles. The van der Waals surface area contributed by atoms with E-state index in [0.29, 0.717) is 24.2 Å². The number of ether oxygens (including phenoxy) is 4. The molecule has 0 radical (unpaired) electrons. The van der Waals surface area contributed by atoms with Crippen molar-refractivity contribution >= 4 is 159 Å². The molecular weight excluding hydrogens is 1540 g/mol. The lowest BCUT2D eigenvalue weighted by atomic mass is 9.47. The van der Waals surface area contributed by atoms with Gasteiger partial charge in [-0.05, 0) is 288 Å². The number of carbonyl (C=O) groups is 4. The molecule has 2 aromatic carbocycles. The summed E-state index contributed by atoms with van der Waals surface area (Å²) in [6.45, 7) is 11.9. The Labute approximate surface area is 488 Å². The van der Waals surface area contributed by atoms with E-state index in [9.17, 15) is 19.2 Å². The van der Waals surface area contributed by atoms with Crippen molar-refractivity contribution in [3.8, 4) is 0 Å². The topological polar surface area (TPSA) is 105 Å². The quantitative estimate of drug-likeness (QED) is 0.0497. The van der Waals surface area contributed by atoms with Gasteiger partial charge in [0.25, 0.3) is 0 Å². The molecule has 6 rings (SSSR count). The van der Waals surface area contributed by atoms with Gasteiger partial charge < -0.3 is 18.9 Å². The van der Waals surface area contributed by atoms with E-state index in [4.69, 9.17) is 18.9 Å². The molecule has 4 aliphatic rings. The standard InChI is InChI=1S/C54H70I6O8/c1-32(2)9-6-10-33(3)42-17-18-43-39-16-15-34-25-37(21-23-53(34,4)44(39)22-24-54(42,43)5)67-51(63)19-20-52(64)68-38(30-65-49(61)13-7-11-40-45(57)26-35(55)27-46(40)58)31-66-50(62)14-8-12-41-47(59)28-36(56)29-48(41)60/h15,26-29,32-33,37-39,42-44H,6-14,16-25,30-31H2,1-5H3/t33-,37+,39?,42-,43?,44?,53+,54-/m1/s1. The lowest BCUT2D eigenvalue weighted by Crippen LogP contribution is -2.51. The van der Waals surface area contributed by atoms with Gasteiger partial charge in [-0.15, -0.1) is 0 Å². The minimum absolute atomic E-state index is 0.119. The predicted octanol–water partition coefficient (Wildman–Crippen LogP) is 15.4. The lowest BCUT2D eigenvalue weighted by Gasteiger charge is -2.58. The van der Waals surface area contributed by atoms with Crippen LogP contribution in [0.5, 0.6) is 0 Å². The van der Waals surface area contributed by atoms with Crippen LogP contribution in [-0.4, -0.2) is 49.3 Å². The van der Waals surface area contributed by atoms with E-state index in [1.807, 2.05) is 0 Å². The average molecular weight is 1610 g/mol. The molecule has 3 unspecified atom stereocenters. The van der Waals surface area contributed by atoms with E-state index in [2.05, 4.69) is 201 Å². The summed E-state index contributed by atoms with van der Waals surface area (Å²) in [5.41, 5.74) is 4.47. The first-order valence-electron chi connectivity index (χ1n) is 24.9. The van der Waals surface area contributed by atoms with Crippen molar-refractivity contribution in [2.75, 3.05) is 13.2 Å². The molecule has 68 heavy (non-hydrogen) atoms. The summed E-state index contributed by atoms with van der Waals surface area (Å²) < 4.78 is 29.9. The summed E-state index contributed by atoms with van der Waals surface area (Å²) in [5, 5.41) is 0. The van der Waals surface area contributed by atoms with E-state index < -0.39 is 30.0 Å². The zero-order valence-electron chi connectivity index (χ0n) is 40.4. The molecule has 0 N–H and O–H groups in total. The molecule has 2 aromatic rings. The van der Waals surface area contributed by atoms with Crippen LogP contribution in [0.4, 0.5) is 0 Å². The van der Waals surface area contributed by atoms with Crippen molar-refractivity contribution in [1.29, 1.82) is 0 Å². The maximum absolute atomic E-state index is 13.3. The van der Waals surface area contributed by atoms with Gasteiger partial charge in [0.15, 0.2) is 6.10 Å². The zero-order valence-corrected chi connectivity index (χ0v) is 53.3. The van der Waals surface area contributed by atoms with Gasteiger partial charge >= 0.3 is 23.9 Å². The van der Waals surface area contributed by atoms with Gasteiger partial charge in [0.1, 0.15) is 19.3 Å². The summed E-state index contributed by atoms with van der Waals surface area (Å²) in [5.74, 6) is 2.75. The fourth-order valence-electron chi connectivity index (χ4n) is 12.5.